The van der Waals surface area contributed by atoms with Gasteiger partial charge >= 0.3 is 0 Å². The molecule has 5 heteroatoms. The lowest BCUT2D eigenvalue weighted by Gasteiger charge is -2.32. The second kappa shape index (κ2) is 6.16. The van der Waals surface area contributed by atoms with Crippen molar-refractivity contribution in [3.63, 3.8) is 0 Å². The van der Waals surface area contributed by atoms with E-state index < -0.39 is 0 Å². The van der Waals surface area contributed by atoms with Crippen LogP contribution in [0.5, 0.6) is 0 Å². The fraction of sp³-hybridized carbons (Fsp3) is 0.500. The third kappa shape index (κ3) is 3.35. The van der Waals surface area contributed by atoms with Crippen molar-refractivity contribution in [2.75, 3.05) is 13.1 Å². The lowest BCUT2D eigenvalue weighted by Crippen LogP contribution is -2.39. The Morgan fingerprint density at radius 3 is 3.19 bits per heavy atom. The van der Waals surface area contributed by atoms with Crippen LogP contribution < -0.4 is 0 Å². The Kier molecular flexibility index (Phi) is 4.08. The molecule has 2 aromatic heterocycles. The van der Waals surface area contributed by atoms with E-state index in [1.54, 1.807) is 6.26 Å². The Morgan fingerprint density at radius 1 is 1.57 bits per heavy atom. The number of carbonyl (C=O) groups excluding carboxylic acids is 1. The van der Waals surface area contributed by atoms with Crippen molar-refractivity contribution in [2.24, 2.45) is 0 Å². The van der Waals surface area contributed by atoms with Crippen LogP contribution in [0.15, 0.2) is 28.9 Å². The Hall–Kier alpha value is -2.04. The number of piperidine rings is 1. The van der Waals surface area contributed by atoms with Gasteiger partial charge in [-0.05, 0) is 38.0 Å². The standard InChI is InChI=1S/C16H21N3O2/c1-12-10-15(18-17-12)13-4-2-8-19(11-13)16(20)7-6-14-5-3-9-21-14/h3,5,9-10,13H,2,4,6-8,11H2,1H3,(H,17,18). The van der Waals surface area contributed by atoms with Crippen LogP contribution in [0.2, 0.25) is 0 Å². The van der Waals surface area contributed by atoms with E-state index in [4.69, 9.17) is 4.42 Å². The molecule has 0 aliphatic carbocycles. The number of aryl methyl sites for hydroxylation is 2. The maximum atomic E-state index is 12.3. The first-order valence-corrected chi connectivity index (χ1v) is 7.54. The highest BCUT2D eigenvalue weighted by molar-refractivity contribution is 5.76. The van der Waals surface area contributed by atoms with Gasteiger partial charge in [-0.3, -0.25) is 9.89 Å². The van der Waals surface area contributed by atoms with Gasteiger partial charge in [0.25, 0.3) is 0 Å². The van der Waals surface area contributed by atoms with Gasteiger partial charge in [0, 0.05) is 37.5 Å². The first-order valence-electron chi connectivity index (χ1n) is 7.54. The smallest absolute Gasteiger partial charge is 0.223 e. The fourth-order valence-corrected chi connectivity index (χ4v) is 2.94. The summed E-state index contributed by atoms with van der Waals surface area (Å²) >= 11 is 0. The van der Waals surface area contributed by atoms with Crippen molar-refractivity contribution < 1.29 is 9.21 Å². The molecule has 1 aliphatic heterocycles. The predicted octanol–water partition coefficient (Wildman–Crippen LogP) is 2.65. The lowest BCUT2D eigenvalue weighted by atomic mass is 9.94. The van der Waals surface area contributed by atoms with Gasteiger partial charge in [0.05, 0.1) is 12.0 Å². The number of nitrogens with one attached hydrogen (secondary N) is 1. The number of furan rings is 1. The molecule has 1 saturated heterocycles. The quantitative estimate of drug-likeness (QED) is 0.940. The average molecular weight is 287 g/mol. The van der Waals surface area contributed by atoms with Crippen molar-refractivity contribution >= 4 is 5.91 Å². The largest absolute Gasteiger partial charge is 0.469 e. The van der Waals surface area contributed by atoms with Gasteiger partial charge in [0.1, 0.15) is 5.76 Å². The molecule has 1 unspecified atom stereocenters. The predicted molar refractivity (Wildman–Crippen MR) is 78.9 cm³/mol. The molecule has 1 aliphatic rings. The zero-order valence-corrected chi connectivity index (χ0v) is 12.3. The molecule has 1 N–H and O–H groups in total. The first-order chi connectivity index (χ1) is 10.2. The molecule has 0 radical (unpaired) electrons. The molecule has 1 atom stereocenters. The van der Waals surface area contributed by atoms with Crippen LogP contribution >= 0.6 is 0 Å². The molecular weight excluding hydrogens is 266 g/mol. The minimum absolute atomic E-state index is 0.211. The van der Waals surface area contributed by atoms with E-state index in [-0.39, 0.29) is 5.91 Å². The van der Waals surface area contributed by atoms with Crippen LogP contribution in [0.25, 0.3) is 0 Å². The summed E-state index contributed by atoms with van der Waals surface area (Å²) in [6, 6.07) is 5.86. The van der Waals surface area contributed by atoms with Crippen LogP contribution in [0.4, 0.5) is 0 Å². The Balaban J connectivity index is 1.56. The number of hydrogen-bond donors (Lipinski definition) is 1. The number of likely N-dealkylation sites (tertiary alicyclic amines) is 1. The molecule has 0 saturated carbocycles. The van der Waals surface area contributed by atoms with Crippen LogP contribution in [0.3, 0.4) is 0 Å². The van der Waals surface area contributed by atoms with Gasteiger partial charge in [0.15, 0.2) is 0 Å². The fourth-order valence-electron chi connectivity index (χ4n) is 2.94. The van der Waals surface area contributed by atoms with Crippen molar-refractivity contribution in [3.8, 4) is 0 Å². The van der Waals surface area contributed by atoms with Gasteiger partial charge in [-0.15, -0.1) is 0 Å². The Bertz CT molecular complexity index is 588. The summed E-state index contributed by atoms with van der Waals surface area (Å²) < 4.78 is 5.28. The van der Waals surface area contributed by atoms with Crippen molar-refractivity contribution in [3.05, 3.63) is 41.6 Å². The van der Waals surface area contributed by atoms with E-state index in [1.807, 2.05) is 24.0 Å². The molecule has 21 heavy (non-hydrogen) atoms. The number of carbonyl (C=O) groups is 1. The zero-order chi connectivity index (χ0) is 14.7. The molecule has 1 amide bonds. The van der Waals surface area contributed by atoms with Gasteiger partial charge in [-0.2, -0.15) is 5.10 Å². The summed E-state index contributed by atoms with van der Waals surface area (Å²) in [5.41, 5.74) is 2.15. The highest BCUT2D eigenvalue weighted by Gasteiger charge is 2.26. The van der Waals surface area contributed by atoms with Gasteiger partial charge < -0.3 is 9.32 Å². The number of nitrogens with zero attached hydrogens (tertiary/aromatic N) is 2. The number of rotatable bonds is 4. The maximum Gasteiger partial charge on any atom is 0.223 e. The normalized spacial score (nSPS) is 18.9. The van der Waals surface area contributed by atoms with E-state index in [2.05, 4.69) is 16.3 Å². The Labute approximate surface area is 124 Å². The highest BCUT2D eigenvalue weighted by atomic mass is 16.3. The molecule has 5 nitrogen and oxygen atoms in total. The van der Waals surface area contributed by atoms with E-state index >= 15 is 0 Å². The van der Waals surface area contributed by atoms with Crippen molar-refractivity contribution in [1.29, 1.82) is 0 Å². The number of aromatic amines is 1. The van der Waals surface area contributed by atoms with Crippen LogP contribution in [-0.2, 0) is 11.2 Å². The number of aromatic nitrogens is 2. The monoisotopic (exact) mass is 287 g/mol. The third-order valence-electron chi connectivity index (χ3n) is 4.08. The maximum absolute atomic E-state index is 12.3. The highest BCUT2D eigenvalue weighted by Crippen LogP contribution is 2.26. The van der Waals surface area contributed by atoms with Gasteiger partial charge in [-0.1, -0.05) is 0 Å². The third-order valence-corrected chi connectivity index (χ3v) is 4.08. The van der Waals surface area contributed by atoms with E-state index in [1.165, 1.54) is 0 Å². The van der Waals surface area contributed by atoms with Gasteiger partial charge in [0.2, 0.25) is 5.91 Å². The molecule has 0 aromatic carbocycles. The molecule has 2 aromatic rings. The summed E-state index contributed by atoms with van der Waals surface area (Å²) in [4.78, 5) is 14.3. The topological polar surface area (TPSA) is 62.1 Å². The average Bonchev–Trinajstić information content (AvgIpc) is 3.16. The molecular formula is C16H21N3O2. The number of H-pyrrole nitrogens is 1. The SMILES string of the molecule is Cc1cc(C2CCCN(C(=O)CCc3ccco3)C2)n[nH]1. The van der Waals surface area contributed by atoms with Crippen molar-refractivity contribution in [1.82, 2.24) is 15.1 Å². The molecule has 0 bridgehead atoms. The number of amides is 1. The molecule has 3 rings (SSSR count). The second-order valence-electron chi connectivity index (χ2n) is 5.73. The van der Waals surface area contributed by atoms with E-state index in [9.17, 15) is 4.79 Å². The molecule has 3 heterocycles. The van der Waals surface area contributed by atoms with Crippen LogP contribution in [0.1, 0.15) is 42.3 Å². The lowest BCUT2D eigenvalue weighted by molar-refractivity contribution is -0.132. The first kappa shape index (κ1) is 13.9. The molecule has 112 valence electrons. The minimum Gasteiger partial charge on any atom is -0.469 e. The van der Waals surface area contributed by atoms with Crippen molar-refractivity contribution in [2.45, 2.75) is 38.5 Å². The summed E-state index contributed by atoms with van der Waals surface area (Å²) in [6.45, 7) is 3.64. The van der Waals surface area contributed by atoms with Crippen LogP contribution in [-0.4, -0.2) is 34.1 Å². The minimum atomic E-state index is 0.211. The van der Waals surface area contributed by atoms with Crippen LogP contribution in [0, 0.1) is 6.92 Å². The van der Waals surface area contributed by atoms with E-state index in [0.29, 0.717) is 18.8 Å². The molecule has 1 fully saturated rings. The summed E-state index contributed by atoms with van der Waals surface area (Å²) in [5, 5.41) is 7.33. The summed E-state index contributed by atoms with van der Waals surface area (Å²) in [6.07, 6.45) is 4.99. The van der Waals surface area contributed by atoms with E-state index in [0.717, 1.165) is 43.1 Å². The summed E-state index contributed by atoms with van der Waals surface area (Å²) in [7, 11) is 0. The van der Waals surface area contributed by atoms with Gasteiger partial charge in [-0.25, -0.2) is 0 Å². The summed E-state index contributed by atoms with van der Waals surface area (Å²) in [5.74, 6) is 1.44. The Morgan fingerprint density at radius 2 is 2.48 bits per heavy atom. The number of hydrogen-bond acceptors (Lipinski definition) is 3. The zero-order valence-electron chi connectivity index (χ0n) is 12.3. The molecule has 0 spiro atoms. The second-order valence-corrected chi connectivity index (χ2v) is 5.73.